The maximum absolute atomic E-state index is 13.8. The molecule has 0 aromatic carbocycles. The maximum atomic E-state index is 13.8. The Morgan fingerprint density at radius 3 is 2.28 bits per heavy atom. The second-order valence-corrected chi connectivity index (χ2v) is 10.0. The predicted molar refractivity (Wildman–Crippen MR) is 98.6 cm³/mol. The van der Waals surface area contributed by atoms with Crippen LogP contribution in [0.5, 0.6) is 0 Å². The normalized spacial score (nSPS) is 28.7. The van der Waals surface area contributed by atoms with E-state index >= 15 is 0 Å². The van der Waals surface area contributed by atoms with Crippen LogP contribution in [-0.2, 0) is 10.0 Å². The van der Waals surface area contributed by atoms with E-state index in [0.717, 1.165) is 16.3 Å². The number of nitrogens with one attached hydrogen (secondary N) is 1. The fourth-order valence-electron chi connectivity index (χ4n) is 4.14. The van der Waals surface area contributed by atoms with Crippen molar-refractivity contribution in [2.75, 3.05) is 26.2 Å². The van der Waals surface area contributed by atoms with Crippen LogP contribution in [0, 0.1) is 0 Å². The molecule has 1 saturated carbocycles. The molecule has 3 heterocycles. The van der Waals surface area contributed by atoms with Crippen LogP contribution in [0.2, 0.25) is 0 Å². The molecule has 1 aromatic rings. The van der Waals surface area contributed by atoms with E-state index < -0.39 is 39.4 Å². The van der Waals surface area contributed by atoms with Gasteiger partial charge < -0.3 is 10.2 Å². The van der Waals surface area contributed by atoms with Gasteiger partial charge in [0.1, 0.15) is 5.25 Å². The third-order valence-electron chi connectivity index (χ3n) is 6.23. The van der Waals surface area contributed by atoms with Crippen molar-refractivity contribution in [2.45, 2.75) is 48.6 Å². The minimum Gasteiger partial charge on any atom is -0.325 e. The molecule has 29 heavy (non-hydrogen) atoms. The van der Waals surface area contributed by atoms with Gasteiger partial charge in [0.25, 0.3) is 0 Å². The van der Waals surface area contributed by atoms with Crippen molar-refractivity contribution < 1.29 is 26.4 Å². The van der Waals surface area contributed by atoms with E-state index in [1.807, 2.05) is 17.4 Å². The fourth-order valence-corrected chi connectivity index (χ4v) is 6.40. The van der Waals surface area contributed by atoms with Crippen molar-refractivity contribution in [3.8, 4) is 0 Å². The van der Waals surface area contributed by atoms with Gasteiger partial charge in [-0.2, -0.15) is 13.2 Å². The number of rotatable bonds is 4. The monoisotopic (exact) mass is 432 g/mol. The molecule has 11 heteroatoms. The summed E-state index contributed by atoms with van der Waals surface area (Å²) in [5.41, 5.74) is -1.64. The number of carbonyl (C=O) groups is 1. The van der Waals surface area contributed by atoms with Crippen molar-refractivity contribution in [1.29, 1.82) is 0 Å². The van der Waals surface area contributed by atoms with Crippen LogP contribution in [0.4, 0.5) is 18.0 Å². The van der Waals surface area contributed by atoms with Crippen molar-refractivity contribution in [1.82, 2.24) is 19.5 Å². The molecule has 2 amide bonds. The second kappa shape index (κ2) is 7.12. The van der Waals surface area contributed by atoms with Crippen molar-refractivity contribution in [3.05, 3.63) is 30.1 Å². The number of aromatic nitrogens is 1. The third-order valence-corrected chi connectivity index (χ3v) is 8.60. The quantitative estimate of drug-likeness (QED) is 0.790. The molecule has 2 aliphatic heterocycles. The molecule has 1 aliphatic carbocycles. The third kappa shape index (κ3) is 3.58. The summed E-state index contributed by atoms with van der Waals surface area (Å²) in [4.78, 5) is 17.3. The molecular weight excluding hydrogens is 409 g/mol. The number of pyridine rings is 1. The summed E-state index contributed by atoms with van der Waals surface area (Å²) in [5.74, 6) is 0.155. The first-order valence-electron chi connectivity index (χ1n) is 9.68. The van der Waals surface area contributed by atoms with Crippen LogP contribution >= 0.6 is 0 Å². The lowest BCUT2D eigenvalue weighted by molar-refractivity contribution is -0.163. The molecule has 0 spiro atoms. The molecule has 0 bridgehead atoms. The largest absolute Gasteiger partial charge is 0.412 e. The average molecular weight is 432 g/mol. The lowest BCUT2D eigenvalue weighted by Gasteiger charge is -2.35. The maximum Gasteiger partial charge on any atom is 0.412 e. The van der Waals surface area contributed by atoms with Crippen molar-refractivity contribution >= 4 is 16.1 Å². The summed E-state index contributed by atoms with van der Waals surface area (Å²) < 4.78 is 68.3. The molecule has 3 aliphatic rings. The average Bonchev–Trinajstić information content (AvgIpc) is 3.37. The SMILES string of the molecule is O=C(NC1(C(F)(F)F)CC1S(=O)(=O)N1CCC(c2ccncc2)CC1)N1CCC1. The predicted octanol–water partition coefficient (Wildman–Crippen LogP) is 2.08. The Morgan fingerprint density at radius 1 is 1.14 bits per heavy atom. The lowest BCUT2D eigenvalue weighted by atomic mass is 9.91. The summed E-state index contributed by atoms with van der Waals surface area (Å²) in [6, 6.07) is 2.90. The van der Waals surface area contributed by atoms with Crippen LogP contribution in [0.3, 0.4) is 0 Å². The summed E-state index contributed by atoms with van der Waals surface area (Å²) in [6.45, 7) is 1.11. The number of hydrogen-bond donors (Lipinski definition) is 1. The molecule has 2 unspecified atom stereocenters. The zero-order valence-corrected chi connectivity index (χ0v) is 16.5. The smallest absolute Gasteiger partial charge is 0.325 e. The lowest BCUT2D eigenvalue weighted by Crippen LogP contribution is -2.58. The van der Waals surface area contributed by atoms with Crippen LogP contribution in [0.1, 0.15) is 37.2 Å². The molecule has 4 rings (SSSR count). The van der Waals surface area contributed by atoms with Gasteiger partial charge in [-0.05, 0) is 42.9 Å². The van der Waals surface area contributed by atoms with Gasteiger partial charge in [0.2, 0.25) is 10.0 Å². The summed E-state index contributed by atoms with van der Waals surface area (Å²) in [6.07, 6.45) is -0.323. The number of urea groups is 1. The van der Waals surface area contributed by atoms with Crippen molar-refractivity contribution in [2.24, 2.45) is 0 Å². The van der Waals surface area contributed by atoms with Gasteiger partial charge >= 0.3 is 12.2 Å². The highest BCUT2D eigenvalue weighted by molar-refractivity contribution is 7.90. The first-order valence-corrected chi connectivity index (χ1v) is 11.2. The van der Waals surface area contributed by atoms with Gasteiger partial charge in [0, 0.05) is 45.0 Å². The second-order valence-electron chi connectivity index (χ2n) is 7.93. The number of alkyl halides is 3. The zero-order valence-electron chi connectivity index (χ0n) is 15.7. The van der Waals surface area contributed by atoms with E-state index in [0.29, 0.717) is 25.9 Å². The summed E-state index contributed by atoms with van der Waals surface area (Å²) in [7, 11) is -4.18. The van der Waals surface area contributed by atoms with Gasteiger partial charge in [-0.15, -0.1) is 0 Å². The van der Waals surface area contributed by atoms with Crippen molar-refractivity contribution in [3.63, 3.8) is 0 Å². The Hall–Kier alpha value is -1.88. The van der Waals surface area contributed by atoms with E-state index in [-0.39, 0.29) is 19.0 Å². The molecular formula is C18H23F3N4O3S. The minimum atomic E-state index is -4.83. The van der Waals surface area contributed by atoms with E-state index in [1.165, 1.54) is 4.90 Å². The first-order chi connectivity index (χ1) is 13.6. The molecule has 160 valence electrons. The number of amides is 2. The van der Waals surface area contributed by atoms with Gasteiger partial charge in [-0.25, -0.2) is 17.5 Å². The topological polar surface area (TPSA) is 82.6 Å². The molecule has 1 aromatic heterocycles. The number of piperidine rings is 1. The summed E-state index contributed by atoms with van der Waals surface area (Å²) in [5, 5.41) is 0.320. The molecule has 0 radical (unpaired) electrons. The molecule has 1 N–H and O–H groups in total. The van der Waals surface area contributed by atoms with Crippen LogP contribution in [0.15, 0.2) is 24.5 Å². The molecule has 3 fully saturated rings. The van der Waals surface area contributed by atoms with E-state index in [9.17, 15) is 26.4 Å². The minimum absolute atomic E-state index is 0.155. The highest BCUT2D eigenvalue weighted by Crippen LogP contribution is 2.54. The van der Waals surface area contributed by atoms with Crippen LogP contribution in [-0.4, -0.2) is 71.8 Å². The van der Waals surface area contributed by atoms with Crippen LogP contribution in [0.25, 0.3) is 0 Å². The number of carbonyl (C=O) groups excluding carboxylic acids is 1. The Kier molecular flexibility index (Phi) is 5.01. The van der Waals surface area contributed by atoms with E-state index in [1.54, 1.807) is 12.4 Å². The number of sulfonamides is 1. The molecule has 2 saturated heterocycles. The first kappa shape index (κ1) is 20.4. The standard InChI is InChI=1S/C18H23F3N4O3S/c19-18(20,21)17(23-16(26)24-8-1-9-24)12-15(17)29(27,28)25-10-4-14(5-11-25)13-2-6-22-7-3-13/h2-3,6-7,14-15H,1,4-5,8-12H2,(H,23,26). The Balaban J connectivity index is 1.45. The Morgan fingerprint density at radius 2 is 1.76 bits per heavy atom. The number of likely N-dealkylation sites (tertiary alicyclic amines) is 1. The number of hydrogen-bond acceptors (Lipinski definition) is 4. The fraction of sp³-hybridized carbons (Fsp3) is 0.667. The van der Waals surface area contributed by atoms with Gasteiger partial charge in [-0.1, -0.05) is 0 Å². The molecule has 2 atom stereocenters. The summed E-state index contributed by atoms with van der Waals surface area (Å²) >= 11 is 0. The number of nitrogens with zero attached hydrogens (tertiary/aromatic N) is 3. The Labute approximate surface area is 167 Å². The highest BCUT2D eigenvalue weighted by atomic mass is 32.2. The van der Waals surface area contributed by atoms with Gasteiger partial charge in [0.15, 0.2) is 5.54 Å². The van der Waals surface area contributed by atoms with Crippen LogP contribution < -0.4 is 5.32 Å². The zero-order chi connectivity index (χ0) is 20.9. The van der Waals surface area contributed by atoms with E-state index in [4.69, 9.17) is 0 Å². The van der Waals surface area contributed by atoms with E-state index in [2.05, 4.69) is 4.98 Å². The van der Waals surface area contributed by atoms with Gasteiger partial charge in [-0.3, -0.25) is 4.98 Å². The highest BCUT2D eigenvalue weighted by Gasteiger charge is 2.77. The Bertz CT molecular complexity index is 868. The number of halogens is 3. The van der Waals surface area contributed by atoms with Gasteiger partial charge in [0.05, 0.1) is 0 Å². The molecule has 7 nitrogen and oxygen atoms in total.